The largest absolute Gasteiger partial charge is 0.490 e. The first-order chi connectivity index (χ1) is 10.2. The zero-order valence-corrected chi connectivity index (χ0v) is 13.2. The quantitative estimate of drug-likeness (QED) is 0.835. The maximum Gasteiger partial charge on any atom is 0.254 e. The molecule has 0 bridgehead atoms. The van der Waals surface area contributed by atoms with E-state index in [0.29, 0.717) is 36.2 Å². The van der Waals surface area contributed by atoms with Crippen molar-refractivity contribution in [2.24, 2.45) is 5.92 Å². The third kappa shape index (κ3) is 3.90. The molecule has 1 aromatic rings. The zero-order valence-electron chi connectivity index (χ0n) is 13.2. The van der Waals surface area contributed by atoms with Crippen molar-refractivity contribution in [1.29, 1.82) is 0 Å². The van der Waals surface area contributed by atoms with E-state index in [-0.39, 0.29) is 5.91 Å². The van der Waals surface area contributed by atoms with Crippen LogP contribution in [-0.2, 0) is 0 Å². The first-order valence-electron chi connectivity index (χ1n) is 7.84. The number of piperidine rings is 1. The van der Waals surface area contributed by atoms with Crippen LogP contribution in [0.15, 0.2) is 18.2 Å². The molecular formula is C17H25NO3. The van der Waals surface area contributed by atoms with Crippen LogP contribution in [0.3, 0.4) is 0 Å². The molecule has 21 heavy (non-hydrogen) atoms. The van der Waals surface area contributed by atoms with Gasteiger partial charge in [0.1, 0.15) is 0 Å². The van der Waals surface area contributed by atoms with Crippen LogP contribution in [-0.4, -0.2) is 37.1 Å². The number of carbonyl (C=O) groups is 1. The molecule has 0 saturated carbocycles. The molecule has 1 aliphatic rings. The van der Waals surface area contributed by atoms with Crippen molar-refractivity contribution in [1.82, 2.24) is 4.90 Å². The Labute approximate surface area is 127 Å². The number of nitrogens with zero attached hydrogens (tertiary/aromatic N) is 1. The lowest BCUT2D eigenvalue weighted by Gasteiger charge is -2.31. The van der Waals surface area contributed by atoms with Gasteiger partial charge in [0.2, 0.25) is 0 Å². The molecule has 1 aliphatic heterocycles. The SMILES string of the molecule is CCOc1ccc(C(=O)N2CCC[C@@H](C)C2)cc1OCC. The summed E-state index contributed by atoms with van der Waals surface area (Å²) in [4.78, 5) is 14.5. The number of rotatable bonds is 5. The smallest absolute Gasteiger partial charge is 0.254 e. The van der Waals surface area contributed by atoms with Crippen molar-refractivity contribution in [2.75, 3.05) is 26.3 Å². The number of ether oxygens (including phenoxy) is 2. The number of benzene rings is 1. The minimum atomic E-state index is 0.0885. The number of hydrogen-bond acceptors (Lipinski definition) is 3. The summed E-state index contributed by atoms with van der Waals surface area (Å²) in [5.74, 6) is 2.01. The Bertz CT molecular complexity index is 487. The first-order valence-corrected chi connectivity index (χ1v) is 7.84. The van der Waals surface area contributed by atoms with Crippen LogP contribution < -0.4 is 9.47 Å². The van der Waals surface area contributed by atoms with Crippen molar-refractivity contribution in [3.05, 3.63) is 23.8 Å². The van der Waals surface area contributed by atoms with Gasteiger partial charge in [0.05, 0.1) is 13.2 Å². The number of carbonyl (C=O) groups excluding carboxylic acids is 1. The van der Waals surface area contributed by atoms with Gasteiger partial charge < -0.3 is 14.4 Å². The monoisotopic (exact) mass is 291 g/mol. The predicted octanol–water partition coefficient (Wildman–Crippen LogP) is 3.36. The van der Waals surface area contributed by atoms with Gasteiger partial charge in [-0.05, 0) is 50.8 Å². The van der Waals surface area contributed by atoms with E-state index in [9.17, 15) is 4.79 Å². The number of hydrogen-bond donors (Lipinski definition) is 0. The average Bonchev–Trinajstić information content (AvgIpc) is 2.49. The molecule has 1 amide bonds. The lowest BCUT2D eigenvalue weighted by atomic mass is 9.99. The summed E-state index contributed by atoms with van der Waals surface area (Å²) in [5.41, 5.74) is 0.677. The van der Waals surface area contributed by atoms with E-state index in [2.05, 4.69) is 6.92 Å². The second-order valence-corrected chi connectivity index (χ2v) is 5.53. The molecule has 2 rings (SSSR count). The van der Waals surface area contributed by atoms with Crippen molar-refractivity contribution in [2.45, 2.75) is 33.6 Å². The molecule has 1 aromatic carbocycles. The van der Waals surface area contributed by atoms with Gasteiger partial charge in [-0.2, -0.15) is 0 Å². The van der Waals surface area contributed by atoms with Crippen molar-refractivity contribution in [3.63, 3.8) is 0 Å². The average molecular weight is 291 g/mol. The van der Waals surface area contributed by atoms with E-state index in [1.54, 1.807) is 6.07 Å². The molecular weight excluding hydrogens is 266 g/mol. The van der Waals surface area contributed by atoms with Gasteiger partial charge >= 0.3 is 0 Å². The van der Waals surface area contributed by atoms with E-state index in [1.165, 1.54) is 6.42 Å². The topological polar surface area (TPSA) is 38.8 Å². The summed E-state index contributed by atoms with van der Waals surface area (Å²) >= 11 is 0. The van der Waals surface area contributed by atoms with Crippen molar-refractivity contribution < 1.29 is 14.3 Å². The van der Waals surface area contributed by atoms with Crippen LogP contribution in [0, 0.1) is 5.92 Å². The fourth-order valence-electron chi connectivity index (χ4n) is 2.74. The molecule has 0 radical (unpaired) electrons. The van der Waals surface area contributed by atoms with Gasteiger partial charge in [0.15, 0.2) is 11.5 Å². The minimum Gasteiger partial charge on any atom is -0.490 e. The Morgan fingerprint density at radius 1 is 1.24 bits per heavy atom. The van der Waals surface area contributed by atoms with Gasteiger partial charge in [-0.15, -0.1) is 0 Å². The minimum absolute atomic E-state index is 0.0885. The fraction of sp³-hybridized carbons (Fsp3) is 0.588. The van der Waals surface area contributed by atoms with Gasteiger partial charge in [0, 0.05) is 18.7 Å². The van der Waals surface area contributed by atoms with Crippen molar-refractivity contribution >= 4 is 5.91 Å². The summed E-state index contributed by atoms with van der Waals surface area (Å²) in [7, 11) is 0. The maximum atomic E-state index is 12.6. The van der Waals surface area contributed by atoms with Crippen molar-refractivity contribution in [3.8, 4) is 11.5 Å². The van der Waals surface area contributed by atoms with Crippen LogP contribution >= 0.6 is 0 Å². The summed E-state index contributed by atoms with van der Waals surface area (Å²) in [6, 6.07) is 5.46. The van der Waals surface area contributed by atoms with Crippen LogP contribution in [0.5, 0.6) is 11.5 Å². The Morgan fingerprint density at radius 3 is 2.62 bits per heavy atom. The summed E-state index contributed by atoms with van der Waals surface area (Å²) in [5, 5.41) is 0. The second-order valence-electron chi connectivity index (χ2n) is 5.53. The normalized spacial score (nSPS) is 18.4. The van der Waals surface area contributed by atoms with E-state index in [4.69, 9.17) is 9.47 Å². The van der Waals surface area contributed by atoms with Crippen LogP contribution in [0.1, 0.15) is 44.0 Å². The van der Waals surface area contributed by atoms with Gasteiger partial charge in [0.25, 0.3) is 5.91 Å². The molecule has 4 heteroatoms. The van der Waals surface area contributed by atoms with Crippen LogP contribution in [0.4, 0.5) is 0 Å². The molecule has 1 heterocycles. The standard InChI is InChI=1S/C17H25NO3/c1-4-20-15-9-8-14(11-16(15)21-5-2)17(19)18-10-6-7-13(3)12-18/h8-9,11,13H,4-7,10,12H2,1-3H3/t13-/m1/s1. The van der Waals surface area contributed by atoms with E-state index >= 15 is 0 Å². The molecule has 0 spiro atoms. The summed E-state index contributed by atoms with van der Waals surface area (Å²) in [6.07, 6.45) is 2.29. The molecule has 0 aromatic heterocycles. The van der Waals surface area contributed by atoms with Gasteiger partial charge in [-0.25, -0.2) is 0 Å². The molecule has 1 atom stereocenters. The lowest BCUT2D eigenvalue weighted by molar-refractivity contribution is 0.0682. The molecule has 0 aliphatic carbocycles. The molecule has 1 saturated heterocycles. The van der Waals surface area contributed by atoms with Crippen LogP contribution in [0.2, 0.25) is 0 Å². The van der Waals surface area contributed by atoms with Gasteiger partial charge in [-0.1, -0.05) is 6.92 Å². The lowest BCUT2D eigenvalue weighted by Crippen LogP contribution is -2.39. The fourth-order valence-corrected chi connectivity index (χ4v) is 2.74. The third-order valence-electron chi connectivity index (χ3n) is 3.73. The Kier molecular flexibility index (Phi) is 5.48. The molecule has 1 fully saturated rings. The van der Waals surface area contributed by atoms with E-state index in [0.717, 1.165) is 19.5 Å². The molecule has 0 N–H and O–H groups in total. The number of likely N-dealkylation sites (tertiary alicyclic amines) is 1. The summed E-state index contributed by atoms with van der Waals surface area (Å²) in [6.45, 7) is 8.88. The molecule has 0 unspecified atom stereocenters. The highest BCUT2D eigenvalue weighted by molar-refractivity contribution is 5.95. The van der Waals surface area contributed by atoms with Gasteiger partial charge in [-0.3, -0.25) is 4.79 Å². The Balaban J connectivity index is 2.18. The maximum absolute atomic E-state index is 12.6. The van der Waals surface area contributed by atoms with E-state index < -0.39 is 0 Å². The zero-order chi connectivity index (χ0) is 15.2. The highest BCUT2D eigenvalue weighted by atomic mass is 16.5. The Morgan fingerprint density at radius 2 is 1.95 bits per heavy atom. The first kappa shape index (κ1) is 15.7. The predicted molar refractivity (Wildman–Crippen MR) is 83.1 cm³/mol. The summed E-state index contributed by atoms with van der Waals surface area (Å²) < 4.78 is 11.1. The molecule has 116 valence electrons. The molecule has 4 nitrogen and oxygen atoms in total. The highest BCUT2D eigenvalue weighted by Crippen LogP contribution is 2.29. The second kappa shape index (κ2) is 7.34. The van der Waals surface area contributed by atoms with E-state index in [1.807, 2.05) is 30.9 Å². The Hall–Kier alpha value is -1.71. The third-order valence-corrected chi connectivity index (χ3v) is 3.73. The number of amides is 1. The highest BCUT2D eigenvalue weighted by Gasteiger charge is 2.22. The van der Waals surface area contributed by atoms with Crippen LogP contribution in [0.25, 0.3) is 0 Å².